The van der Waals surface area contributed by atoms with Gasteiger partial charge in [0.25, 0.3) is 0 Å². The maximum atomic E-state index is 11.6. The van der Waals surface area contributed by atoms with Crippen molar-refractivity contribution in [1.82, 2.24) is 0 Å². The fraction of sp³-hybridized carbons (Fsp3) is 1.00. The van der Waals surface area contributed by atoms with Crippen LogP contribution in [0.1, 0.15) is 48.0 Å². The molecule has 0 saturated heterocycles. The van der Waals surface area contributed by atoms with E-state index in [9.17, 15) is 5.21 Å². The van der Waals surface area contributed by atoms with Crippen molar-refractivity contribution in [3.63, 3.8) is 0 Å². The van der Waals surface area contributed by atoms with Crippen molar-refractivity contribution in [2.24, 2.45) is 5.41 Å². The first-order chi connectivity index (χ1) is 5.33. The molecule has 0 aliphatic carbocycles. The SMILES string of the molecule is CCC(C)(C)[C@H](C)[NH+]([O-])C(C)C. The molecule has 0 aromatic rings. The van der Waals surface area contributed by atoms with E-state index in [1.807, 2.05) is 20.8 Å². The summed E-state index contributed by atoms with van der Waals surface area (Å²) in [6.07, 6.45) is 1.06. The predicted molar refractivity (Wildman–Crippen MR) is 53.0 cm³/mol. The van der Waals surface area contributed by atoms with Crippen LogP contribution in [0.3, 0.4) is 0 Å². The monoisotopic (exact) mass is 173 g/mol. The Morgan fingerprint density at radius 1 is 1.25 bits per heavy atom. The maximum Gasteiger partial charge on any atom is 0.0896 e. The van der Waals surface area contributed by atoms with Crippen molar-refractivity contribution in [1.29, 1.82) is 0 Å². The molecular formula is C10H23NO. The normalized spacial score (nSPS) is 18.0. The van der Waals surface area contributed by atoms with Gasteiger partial charge in [0.05, 0.1) is 12.1 Å². The summed E-state index contributed by atoms with van der Waals surface area (Å²) in [5.74, 6) is 0. The lowest BCUT2D eigenvalue weighted by Gasteiger charge is -2.41. The number of nitrogens with one attached hydrogen (secondary N) is 1. The second-order valence-corrected chi connectivity index (χ2v) is 4.62. The van der Waals surface area contributed by atoms with Gasteiger partial charge in [-0.05, 0) is 27.2 Å². The first kappa shape index (κ1) is 11.9. The third kappa shape index (κ3) is 2.76. The summed E-state index contributed by atoms with van der Waals surface area (Å²) in [6.45, 7) is 12.5. The van der Waals surface area contributed by atoms with E-state index < -0.39 is 0 Å². The maximum absolute atomic E-state index is 11.6. The molecule has 0 aliphatic rings. The minimum absolute atomic E-state index is 0.154. The van der Waals surface area contributed by atoms with E-state index >= 15 is 0 Å². The average molecular weight is 173 g/mol. The van der Waals surface area contributed by atoms with Gasteiger partial charge in [0.15, 0.2) is 0 Å². The molecule has 74 valence electrons. The highest BCUT2D eigenvalue weighted by Gasteiger charge is 2.29. The van der Waals surface area contributed by atoms with Gasteiger partial charge >= 0.3 is 0 Å². The van der Waals surface area contributed by atoms with Crippen LogP contribution in [0.25, 0.3) is 0 Å². The van der Waals surface area contributed by atoms with Gasteiger partial charge in [-0.3, -0.25) is 0 Å². The summed E-state index contributed by atoms with van der Waals surface area (Å²) in [6, 6.07) is 0.355. The zero-order valence-electron chi connectivity index (χ0n) is 9.27. The molecular weight excluding hydrogens is 150 g/mol. The molecule has 0 aliphatic heterocycles. The van der Waals surface area contributed by atoms with Crippen molar-refractivity contribution in [2.75, 3.05) is 0 Å². The van der Waals surface area contributed by atoms with Gasteiger partial charge in [-0.25, -0.2) is 0 Å². The Kier molecular flexibility index (Phi) is 4.21. The highest BCUT2D eigenvalue weighted by Crippen LogP contribution is 2.22. The van der Waals surface area contributed by atoms with Crippen LogP contribution in [0, 0.1) is 10.6 Å². The molecule has 2 heteroatoms. The van der Waals surface area contributed by atoms with Crippen LogP contribution in [0.5, 0.6) is 0 Å². The Hall–Kier alpha value is -0.0800. The van der Waals surface area contributed by atoms with Gasteiger partial charge in [-0.1, -0.05) is 20.8 Å². The van der Waals surface area contributed by atoms with E-state index in [-0.39, 0.29) is 17.5 Å². The Morgan fingerprint density at radius 2 is 1.67 bits per heavy atom. The molecule has 0 saturated carbocycles. The van der Waals surface area contributed by atoms with Crippen LogP contribution in [0.4, 0.5) is 0 Å². The van der Waals surface area contributed by atoms with Crippen molar-refractivity contribution < 1.29 is 5.06 Å². The van der Waals surface area contributed by atoms with Crippen molar-refractivity contribution in [3.05, 3.63) is 5.21 Å². The summed E-state index contributed by atoms with van der Waals surface area (Å²) < 4.78 is 0. The molecule has 1 unspecified atom stereocenters. The molecule has 0 aromatic carbocycles. The number of quaternary nitrogens is 1. The zero-order chi connectivity index (χ0) is 9.94. The molecule has 2 atom stereocenters. The van der Waals surface area contributed by atoms with Crippen LogP contribution in [-0.2, 0) is 0 Å². The van der Waals surface area contributed by atoms with Crippen LogP contribution in [0.15, 0.2) is 0 Å². The molecule has 12 heavy (non-hydrogen) atoms. The van der Waals surface area contributed by atoms with Gasteiger partial charge in [0.2, 0.25) is 0 Å². The number of hydroxylamine groups is 2. The lowest BCUT2D eigenvalue weighted by Crippen LogP contribution is -3.15. The first-order valence-corrected chi connectivity index (χ1v) is 4.86. The van der Waals surface area contributed by atoms with Gasteiger partial charge in [-0.2, -0.15) is 0 Å². The molecule has 2 nitrogen and oxygen atoms in total. The van der Waals surface area contributed by atoms with E-state index in [4.69, 9.17) is 0 Å². The molecule has 0 spiro atoms. The lowest BCUT2D eigenvalue weighted by atomic mass is 9.82. The summed E-state index contributed by atoms with van der Waals surface area (Å²) in [4.78, 5) is 0. The Bertz CT molecular complexity index is 132. The first-order valence-electron chi connectivity index (χ1n) is 4.86. The highest BCUT2D eigenvalue weighted by molar-refractivity contribution is 4.73. The number of hydrogen-bond acceptors (Lipinski definition) is 1. The van der Waals surface area contributed by atoms with E-state index in [0.29, 0.717) is 5.06 Å². The van der Waals surface area contributed by atoms with Crippen LogP contribution >= 0.6 is 0 Å². The fourth-order valence-electron chi connectivity index (χ4n) is 1.19. The zero-order valence-corrected chi connectivity index (χ0v) is 9.27. The molecule has 0 radical (unpaired) electrons. The summed E-state index contributed by atoms with van der Waals surface area (Å²) >= 11 is 0. The largest absolute Gasteiger partial charge is 0.634 e. The fourth-order valence-corrected chi connectivity index (χ4v) is 1.19. The average Bonchev–Trinajstić information content (AvgIpc) is 2.01. The number of rotatable bonds is 4. The molecule has 0 aromatic heterocycles. The van der Waals surface area contributed by atoms with Gasteiger partial charge in [-0.15, -0.1) is 0 Å². The predicted octanol–water partition coefficient (Wildman–Crippen LogP) is 1.60. The smallest absolute Gasteiger partial charge is 0.0896 e. The quantitative estimate of drug-likeness (QED) is 0.642. The lowest BCUT2D eigenvalue weighted by molar-refractivity contribution is -0.903. The molecule has 0 amide bonds. The minimum atomic E-state index is 0.154. The van der Waals surface area contributed by atoms with E-state index in [2.05, 4.69) is 20.8 Å². The molecule has 1 N–H and O–H groups in total. The van der Waals surface area contributed by atoms with Crippen molar-refractivity contribution >= 4 is 0 Å². The molecule has 0 heterocycles. The standard InChI is InChI=1S/C10H23NO/c1-7-10(5,6)9(4)11(12)8(2)3/h8-9,11H,7H2,1-6H3/t9-/m0/s1. The summed E-state index contributed by atoms with van der Waals surface area (Å²) in [7, 11) is 0. The minimum Gasteiger partial charge on any atom is -0.634 e. The summed E-state index contributed by atoms with van der Waals surface area (Å²) in [5, 5.41) is 12.0. The number of hydrogen-bond donors (Lipinski definition) is 1. The van der Waals surface area contributed by atoms with E-state index in [1.165, 1.54) is 0 Å². The Morgan fingerprint density at radius 3 is 1.92 bits per heavy atom. The summed E-state index contributed by atoms with van der Waals surface area (Å²) in [5.41, 5.74) is 0.154. The van der Waals surface area contributed by atoms with Gasteiger partial charge in [0, 0.05) is 5.41 Å². The molecule has 0 fully saturated rings. The Labute approximate surface area is 76.5 Å². The van der Waals surface area contributed by atoms with E-state index in [0.717, 1.165) is 6.42 Å². The second kappa shape index (κ2) is 4.24. The molecule has 0 bridgehead atoms. The van der Waals surface area contributed by atoms with E-state index in [1.54, 1.807) is 0 Å². The van der Waals surface area contributed by atoms with Crippen LogP contribution < -0.4 is 5.06 Å². The van der Waals surface area contributed by atoms with Crippen LogP contribution in [-0.4, -0.2) is 12.1 Å². The van der Waals surface area contributed by atoms with Crippen molar-refractivity contribution in [2.45, 2.75) is 60.0 Å². The second-order valence-electron chi connectivity index (χ2n) is 4.62. The van der Waals surface area contributed by atoms with Gasteiger partial charge in [0.1, 0.15) is 0 Å². The molecule has 0 rings (SSSR count). The third-order valence-corrected chi connectivity index (χ3v) is 3.08. The third-order valence-electron chi connectivity index (χ3n) is 3.08. The van der Waals surface area contributed by atoms with Gasteiger partial charge < -0.3 is 10.3 Å². The van der Waals surface area contributed by atoms with Crippen molar-refractivity contribution in [3.8, 4) is 0 Å². The Balaban J connectivity index is 4.27. The topological polar surface area (TPSA) is 27.5 Å². The highest BCUT2D eigenvalue weighted by atomic mass is 16.5. The van der Waals surface area contributed by atoms with Crippen LogP contribution in [0.2, 0.25) is 0 Å².